The molecule has 4 aliphatic carbocycles. The number of nitrogens with zero attached hydrogens (tertiary/aromatic N) is 1. The molecule has 20 heavy (non-hydrogen) atoms. The molecule has 0 aromatic carbocycles. The van der Waals surface area contributed by atoms with Crippen LogP contribution in [0.5, 0.6) is 0 Å². The highest BCUT2D eigenvalue weighted by Crippen LogP contribution is 2.67. The van der Waals surface area contributed by atoms with Crippen LogP contribution in [-0.2, 0) is 9.59 Å². The van der Waals surface area contributed by atoms with Gasteiger partial charge in [0.1, 0.15) is 6.54 Å². The zero-order chi connectivity index (χ0) is 14.2. The maximum atomic E-state index is 12.4. The van der Waals surface area contributed by atoms with Gasteiger partial charge in [-0.3, -0.25) is 9.59 Å². The lowest BCUT2D eigenvalue weighted by atomic mass is 9.42. The summed E-state index contributed by atoms with van der Waals surface area (Å²) < 4.78 is 0. The Morgan fingerprint density at radius 2 is 1.70 bits per heavy atom. The minimum absolute atomic E-state index is 0.00986. The van der Waals surface area contributed by atoms with Gasteiger partial charge in [0.15, 0.2) is 0 Å². The zero-order valence-corrected chi connectivity index (χ0v) is 12.5. The summed E-state index contributed by atoms with van der Waals surface area (Å²) in [5.41, 5.74) is 0.725. The van der Waals surface area contributed by atoms with Crippen molar-refractivity contribution in [3.63, 3.8) is 0 Å². The number of hydrogen-bond acceptors (Lipinski definition) is 2. The molecule has 0 aromatic rings. The van der Waals surface area contributed by atoms with Gasteiger partial charge in [0, 0.05) is 5.54 Å². The molecule has 2 amide bonds. The molecule has 4 bridgehead atoms. The minimum atomic E-state index is -0.0300. The second kappa shape index (κ2) is 3.58. The van der Waals surface area contributed by atoms with Gasteiger partial charge in [-0.05, 0) is 55.3 Å². The van der Waals surface area contributed by atoms with Gasteiger partial charge in [0.25, 0.3) is 0 Å². The van der Waals surface area contributed by atoms with Crippen molar-refractivity contribution in [1.29, 1.82) is 0 Å². The summed E-state index contributed by atoms with van der Waals surface area (Å²) in [5, 5.41) is 2.68. The van der Waals surface area contributed by atoms with E-state index in [1.807, 2.05) is 4.90 Å². The lowest BCUT2D eigenvalue weighted by molar-refractivity contribution is -0.180. The van der Waals surface area contributed by atoms with Crippen molar-refractivity contribution < 1.29 is 9.59 Å². The normalized spacial score (nSPS) is 50.5. The number of carbonyl (C=O) groups excluding carboxylic acids is 2. The van der Waals surface area contributed by atoms with Gasteiger partial charge in [-0.25, -0.2) is 0 Å². The molecule has 5 aliphatic rings. The van der Waals surface area contributed by atoms with Crippen LogP contribution < -0.4 is 5.32 Å². The van der Waals surface area contributed by atoms with Crippen LogP contribution in [0, 0.1) is 16.7 Å². The first-order chi connectivity index (χ1) is 9.32. The number of hydrogen-bond donors (Lipinski definition) is 1. The van der Waals surface area contributed by atoms with Crippen molar-refractivity contribution in [2.24, 2.45) is 16.7 Å². The molecule has 0 radical (unpaired) electrons. The highest BCUT2D eigenvalue weighted by Gasteiger charge is 2.62. The third-order valence-corrected chi connectivity index (χ3v) is 6.21. The minimum Gasteiger partial charge on any atom is -0.345 e. The van der Waals surface area contributed by atoms with E-state index >= 15 is 0 Å². The lowest BCUT2D eigenvalue weighted by Crippen LogP contribution is -2.69. The first-order valence-corrected chi connectivity index (χ1v) is 7.89. The summed E-state index contributed by atoms with van der Waals surface area (Å²) in [4.78, 5) is 26.1. The molecule has 1 saturated heterocycles. The summed E-state index contributed by atoms with van der Waals surface area (Å²) in [6.07, 6.45) is 7.26. The van der Waals surface area contributed by atoms with Gasteiger partial charge in [-0.1, -0.05) is 13.8 Å². The predicted molar refractivity (Wildman–Crippen MR) is 74.9 cm³/mol. The van der Waals surface area contributed by atoms with Crippen molar-refractivity contribution >= 4 is 11.8 Å². The number of amides is 2. The maximum absolute atomic E-state index is 12.4. The summed E-state index contributed by atoms with van der Waals surface area (Å²) in [6, 6.07) is 0. The Balaban J connectivity index is 1.73. The van der Waals surface area contributed by atoms with Crippen molar-refractivity contribution in [2.45, 2.75) is 57.9 Å². The molecule has 110 valence electrons. The Bertz CT molecular complexity index is 483. The largest absolute Gasteiger partial charge is 0.345 e. The molecule has 0 spiro atoms. The highest BCUT2D eigenvalue weighted by molar-refractivity contribution is 5.93. The number of carbonyl (C=O) groups is 2. The molecule has 1 N–H and O–H groups in total. The third-order valence-electron chi connectivity index (χ3n) is 6.21. The summed E-state index contributed by atoms with van der Waals surface area (Å²) in [5.74, 6) is 0.883. The van der Waals surface area contributed by atoms with E-state index in [0.29, 0.717) is 10.8 Å². The third kappa shape index (κ3) is 1.66. The Morgan fingerprint density at radius 3 is 2.30 bits per heavy atom. The fourth-order valence-corrected chi connectivity index (χ4v) is 6.68. The van der Waals surface area contributed by atoms with E-state index in [-0.39, 0.29) is 30.4 Å². The quantitative estimate of drug-likeness (QED) is 0.792. The van der Waals surface area contributed by atoms with Crippen molar-refractivity contribution in [2.75, 3.05) is 13.1 Å². The molecule has 2 atom stereocenters. The Morgan fingerprint density at radius 1 is 1.05 bits per heavy atom. The Labute approximate surface area is 120 Å². The van der Waals surface area contributed by atoms with Gasteiger partial charge in [0.2, 0.25) is 11.8 Å². The first-order valence-electron chi connectivity index (χ1n) is 7.89. The second-order valence-electron chi connectivity index (χ2n) is 8.61. The molecule has 2 unspecified atom stereocenters. The van der Waals surface area contributed by atoms with Crippen LogP contribution in [0.1, 0.15) is 52.4 Å². The molecule has 4 heteroatoms. The maximum Gasteiger partial charge on any atom is 0.242 e. The molecular weight excluding hydrogens is 252 g/mol. The van der Waals surface area contributed by atoms with Crippen molar-refractivity contribution in [3.8, 4) is 0 Å². The smallest absolute Gasteiger partial charge is 0.242 e. The van der Waals surface area contributed by atoms with Gasteiger partial charge in [0.05, 0.1) is 6.54 Å². The van der Waals surface area contributed by atoms with E-state index in [2.05, 4.69) is 19.2 Å². The Hall–Kier alpha value is -1.06. The topological polar surface area (TPSA) is 49.4 Å². The first kappa shape index (κ1) is 12.7. The molecule has 4 nitrogen and oxygen atoms in total. The molecule has 5 fully saturated rings. The standard InChI is InChI=1S/C16H24N2O2/c1-14-3-11-4-15(2,8-14)10-16(5-11,9-14)18-7-12(19)17-6-13(18)20/h11H,3-10H2,1-2H3,(H,17,19). The fraction of sp³-hybridized carbons (Fsp3) is 0.875. The van der Waals surface area contributed by atoms with E-state index in [1.165, 1.54) is 19.3 Å². The van der Waals surface area contributed by atoms with Crippen molar-refractivity contribution in [3.05, 3.63) is 0 Å². The molecule has 1 aliphatic heterocycles. The molecule has 1 heterocycles. The van der Waals surface area contributed by atoms with Gasteiger partial charge < -0.3 is 10.2 Å². The molecule has 0 aromatic heterocycles. The number of rotatable bonds is 1. The zero-order valence-electron chi connectivity index (χ0n) is 12.5. The van der Waals surface area contributed by atoms with Gasteiger partial charge >= 0.3 is 0 Å². The van der Waals surface area contributed by atoms with E-state index in [0.717, 1.165) is 25.2 Å². The van der Waals surface area contributed by atoms with Gasteiger partial charge in [-0.15, -0.1) is 0 Å². The van der Waals surface area contributed by atoms with E-state index in [1.54, 1.807) is 0 Å². The van der Waals surface area contributed by atoms with E-state index in [4.69, 9.17) is 0 Å². The molecular formula is C16H24N2O2. The predicted octanol–water partition coefficient (Wildman–Crippen LogP) is 1.69. The SMILES string of the molecule is CC12CC3CC(C)(C1)CC(N1CC(=O)NCC1=O)(C3)C2. The highest BCUT2D eigenvalue weighted by atomic mass is 16.2. The lowest BCUT2D eigenvalue weighted by Gasteiger charge is -2.67. The van der Waals surface area contributed by atoms with Crippen LogP contribution in [-0.4, -0.2) is 35.3 Å². The Kier molecular flexibility index (Phi) is 2.26. The molecule has 4 saturated carbocycles. The summed E-state index contributed by atoms with van der Waals surface area (Å²) >= 11 is 0. The van der Waals surface area contributed by atoms with Crippen LogP contribution >= 0.6 is 0 Å². The molecule has 5 rings (SSSR count). The number of nitrogens with one attached hydrogen (secondary N) is 1. The van der Waals surface area contributed by atoms with E-state index < -0.39 is 0 Å². The fourth-order valence-electron chi connectivity index (χ4n) is 6.68. The van der Waals surface area contributed by atoms with Crippen LogP contribution in [0.15, 0.2) is 0 Å². The average Bonchev–Trinajstić information content (AvgIpc) is 2.27. The van der Waals surface area contributed by atoms with Crippen molar-refractivity contribution in [1.82, 2.24) is 10.2 Å². The summed E-state index contributed by atoms with van der Waals surface area (Å²) in [6.45, 7) is 5.27. The average molecular weight is 276 g/mol. The monoisotopic (exact) mass is 276 g/mol. The van der Waals surface area contributed by atoms with Gasteiger partial charge in [-0.2, -0.15) is 0 Å². The van der Waals surface area contributed by atoms with Crippen LogP contribution in [0.3, 0.4) is 0 Å². The van der Waals surface area contributed by atoms with Crippen LogP contribution in [0.25, 0.3) is 0 Å². The second-order valence-corrected chi connectivity index (χ2v) is 8.61. The van der Waals surface area contributed by atoms with E-state index in [9.17, 15) is 9.59 Å². The van der Waals surface area contributed by atoms with Crippen LogP contribution in [0.2, 0.25) is 0 Å². The number of piperazine rings is 1. The van der Waals surface area contributed by atoms with Crippen LogP contribution in [0.4, 0.5) is 0 Å². The summed E-state index contributed by atoms with van der Waals surface area (Å²) in [7, 11) is 0.